The molecule has 86 valence electrons. The van der Waals surface area contributed by atoms with E-state index in [4.69, 9.17) is 5.11 Å². The summed E-state index contributed by atoms with van der Waals surface area (Å²) < 4.78 is 0. The standard InChI is InChI=1S/C9H11N3O4/c1-6(4-9(13)14)11-8-3-2-7(5-10-8)12(15)16/h2-3,5-6H,4H2,1H3,(H,10,11)(H,13,14). The van der Waals surface area contributed by atoms with Gasteiger partial charge in [0.25, 0.3) is 5.69 Å². The van der Waals surface area contributed by atoms with Gasteiger partial charge in [-0.15, -0.1) is 0 Å². The van der Waals surface area contributed by atoms with E-state index in [1.807, 2.05) is 0 Å². The maximum atomic E-state index is 10.4. The number of rotatable bonds is 5. The van der Waals surface area contributed by atoms with Crippen LogP contribution in [0.4, 0.5) is 11.5 Å². The molecule has 1 heterocycles. The molecule has 0 aromatic carbocycles. The maximum absolute atomic E-state index is 10.4. The molecule has 16 heavy (non-hydrogen) atoms. The Morgan fingerprint density at radius 1 is 1.69 bits per heavy atom. The Balaban J connectivity index is 2.61. The van der Waals surface area contributed by atoms with Crippen LogP contribution in [0, 0.1) is 10.1 Å². The zero-order chi connectivity index (χ0) is 12.1. The molecule has 0 spiro atoms. The molecule has 1 aromatic heterocycles. The minimum atomic E-state index is -0.915. The normalized spacial score (nSPS) is 11.8. The molecule has 0 aliphatic carbocycles. The molecule has 0 saturated carbocycles. The highest BCUT2D eigenvalue weighted by Crippen LogP contribution is 2.12. The van der Waals surface area contributed by atoms with Crippen molar-refractivity contribution in [2.75, 3.05) is 5.32 Å². The third kappa shape index (κ3) is 3.52. The lowest BCUT2D eigenvalue weighted by atomic mass is 10.2. The monoisotopic (exact) mass is 225 g/mol. The number of hydrogen-bond acceptors (Lipinski definition) is 5. The molecule has 0 bridgehead atoms. The van der Waals surface area contributed by atoms with Gasteiger partial charge in [0, 0.05) is 12.1 Å². The lowest BCUT2D eigenvalue weighted by Crippen LogP contribution is -2.19. The second kappa shape index (κ2) is 5.06. The van der Waals surface area contributed by atoms with Crippen molar-refractivity contribution in [3.8, 4) is 0 Å². The summed E-state index contributed by atoms with van der Waals surface area (Å²) in [7, 11) is 0. The van der Waals surface area contributed by atoms with E-state index in [0.717, 1.165) is 6.20 Å². The summed E-state index contributed by atoms with van der Waals surface area (Å²) in [4.78, 5) is 24.0. The van der Waals surface area contributed by atoms with Gasteiger partial charge in [-0.25, -0.2) is 4.98 Å². The van der Waals surface area contributed by atoms with Crippen molar-refractivity contribution < 1.29 is 14.8 Å². The molecule has 0 aliphatic heterocycles. The highest BCUT2D eigenvalue weighted by molar-refractivity contribution is 5.68. The number of aliphatic carboxylic acids is 1. The molecule has 0 radical (unpaired) electrons. The van der Waals surface area contributed by atoms with E-state index >= 15 is 0 Å². The predicted molar refractivity (Wildman–Crippen MR) is 56.2 cm³/mol. The Morgan fingerprint density at radius 3 is 2.81 bits per heavy atom. The number of carboxylic acids is 1. The van der Waals surface area contributed by atoms with Gasteiger partial charge in [-0.3, -0.25) is 14.9 Å². The SMILES string of the molecule is CC(CC(=O)O)Nc1ccc([N+](=O)[O-])cn1. The average molecular weight is 225 g/mol. The van der Waals surface area contributed by atoms with E-state index in [9.17, 15) is 14.9 Å². The number of carboxylic acid groups (broad SMARTS) is 1. The molecule has 0 fully saturated rings. The van der Waals surface area contributed by atoms with Gasteiger partial charge in [0.2, 0.25) is 0 Å². The lowest BCUT2D eigenvalue weighted by molar-refractivity contribution is -0.385. The van der Waals surface area contributed by atoms with Crippen LogP contribution in [0.5, 0.6) is 0 Å². The van der Waals surface area contributed by atoms with Crippen LogP contribution >= 0.6 is 0 Å². The third-order valence-electron chi connectivity index (χ3n) is 1.83. The molecule has 1 atom stereocenters. The molecule has 1 aromatic rings. The summed E-state index contributed by atoms with van der Waals surface area (Å²) >= 11 is 0. The van der Waals surface area contributed by atoms with Crippen molar-refractivity contribution in [1.29, 1.82) is 0 Å². The summed E-state index contributed by atoms with van der Waals surface area (Å²) in [6.07, 6.45) is 1.08. The summed E-state index contributed by atoms with van der Waals surface area (Å²) in [5.41, 5.74) is -0.101. The second-order valence-corrected chi connectivity index (χ2v) is 3.30. The van der Waals surface area contributed by atoms with Crippen LogP contribution in [0.1, 0.15) is 13.3 Å². The first kappa shape index (κ1) is 11.9. The molecule has 1 rings (SSSR count). The molecule has 0 aliphatic rings. The number of aromatic nitrogens is 1. The van der Waals surface area contributed by atoms with Crippen LogP contribution in [-0.2, 0) is 4.79 Å². The molecular formula is C9H11N3O4. The van der Waals surface area contributed by atoms with Crippen molar-refractivity contribution in [2.24, 2.45) is 0 Å². The minimum Gasteiger partial charge on any atom is -0.481 e. The smallest absolute Gasteiger partial charge is 0.305 e. The van der Waals surface area contributed by atoms with Crippen molar-refractivity contribution >= 4 is 17.5 Å². The largest absolute Gasteiger partial charge is 0.481 e. The Hall–Kier alpha value is -2.18. The molecule has 0 saturated heterocycles. The summed E-state index contributed by atoms with van der Waals surface area (Å²) in [6, 6.07) is 2.46. The first-order chi connectivity index (χ1) is 7.49. The van der Waals surface area contributed by atoms with Gasteiger partial charge in [-0.2, -0.15) is 0 Å². The van der Waals surface area contributed by atoms with Crippen molar-refractivity contribution in [3.63, 3.8) is 0 Å². The van der Waals surface area contributed by atoms with Crippen LogP contribution in [0.2, 0.25) is 0 Å². The minimum absolute atomic E-state index is 0.0430. The average Bonchev–Trinajstić information content (AvgIpc) is 2.16. The van der Waals surface area contributed by atoms with Gasteiger partial charge in [-0.05, 0) is 13.0 Å². The van der Waals surface area contributed by atoms with Crippen LogP contribution < -0.4 is 5.32 Å². The van der Waals surface area contributed by atoms with Gasteiger partial charge in [0.1, 0.15) is 12.0 Å². The molecule has 2 N–H and O–H groups in total. The fraction of sp³-hybridized carbons (Fsp3) is 0.333. The number of nitrogens with one attached hydrogen (secondary N) is 1. The van der Waals surface area contributed by atoms with Gasteiger partial charge >= 0.3 is 5.97 Å². The van der Waals surface area contributed by atoms with E-state index in [-0.39, 0.29) is 18.2 Å². The second-order valence-electron chi connectivity index (χ2n) is 3.30. The third-order valence-corrected chi connectivity index (χ3v) is 1.83. The summed E-state index contributed by atoms with van der Waals surface area (Å²) in [5.74, 6) is -0.499. The molecule has 0 amide bonds. The van der Waals surface area contributed by atoms with E-state index in [1.165, 1.54) is 12.1 Å². The Bertz CT molecular complexity index is 390. The van der Waals surface area contributed by atoms with Crippen LogP contribution in [0.15, 0.2) is 18.3 Å². The van der Waals surface area contributed by atoms with E-state index in [1.54, 1.807) is 6.92 Å². The van der Waals surface area contributed by atoms with Crippen molar-refractivity contribution in [2.45, 2.75) is 19.4 Å². The number of anilines is 1. The predicted octanol–water partition coefficient (Wildman–Crippen LogP) is 1.26. The Kier molecular flexibility index (Phi) is 3.76. The van der Waals surface area contributed by atoms with Crippen LogP contribution in [0.3, 0.4) is 0 Å². The van der Waals surface area contributed by atoms with Crippen LogP contribution in [-0.4, -0.2) is 27.0 Å². The van der Waals surface area contributed by atoms with Gasteiger partial charge in [0.15, 0.2) is 0 Å². The van der Waals surface area contributed by atoms with E-state index < -0.39 is 10.9 Å². The van der Waals surface area contributed by atoms with E-state index in [2.05, 4.69) is 10.3 Å². The van der Waals surface area contributed by atoms with Crippen molar-refractivity contribution in [1.82, 2.24) is 4.98 Å². The van der Waals surface area contributed by atoms with E-state index in [0.29, 0.717) is 5.82 Å². The molecule has 7 heteroatoms. The molecule has 1 unspecified atom stereocenters. The first-order valence-electron chi connectivity index (χ1n) is 4.58. The van der Waals surface area contributed by atoms with Gasteiger partial charge in [0.05, 0.1) is 11.3 Å². The number of nitrogens with zero attached hydrogens (tertiary/aromatic N) is 2. The number of carbonyl (C=O) groups is 1. The topological polar surface area (TPSA) is 105 Å². The summed E-state index contributed by atoms with van der Waals surface area (Å²) in [5, 5.41) is 21.7. The van der Waals surface area contributed by atoms with Gasteiger partial charge < -0.3 is 10.4 Å². The first-order valence-corrected chi connectivity index (χ1v) is 4.58. The molecular weight excluding hydrogens is 214 g/mol. The highest BCUT2D eigenvalue weighted by Gasteiger charge is 2.09. The molecule has 7 nitrogen and oxygen atoms in total. The fourth-order valence-corrected chi connectivity index (χ4v) is 1.14. The van der Waals surface area contributed by atoms with Gasteiger partial charge in [-0.1, -0.05) is 0 Å². The zero-order valence-electron chi connectivity index (χ0n) is 8.58. The quantitative estimate of drug-likeness (QED) is 0.577. The van der Waals surface area contributed by atoms with Crippen molar-refractivity contribution in [3.05, 3.63) is 28.4 Å². The fourth-order valence-electron chi connectivity index (χ4n) is 1.14. The maximum Gasteiger partial charge on any atom is 0.305 e. The zero-order valence-corrected chi connectivity index (χ0v) is 8.58. The number of pyridine rings is 1. The number of nitro groups is 1. The lowest BCUT2D eigenvalue weighted by Gasteiger charge is -2.11. The highest BCUT2D eigenvalue weighted by atomic mass is 16.6. The summed E-state index contributed by atoms with van der Waals surface area (Å²) in [6.45, 7) is 1.69. The Labute approximate surface area is 91.3 Å². The van der Waals surface area contributed by atoms with Crippen LogP contribution in [0.25, 0.3) is 0 Å². The number of hydrogen-bond donors (Lipinski definition) is 2. The Morgan fingerprint density at radius 2 is 2.38 bits per heavy atom.